The van der Waals surface area contributed by atoms with Gasteiger partial charge in [0.2, 0.25) is 0 Å². The standard InChI is InChI=1S/C8H8N2/c1-3-7-4-8(9-2)6-10-5-7/h1,4-6,9H,2H3. The molecule has 0 saturated heterocycles. The largest absolute Gasteiger partial charge is 0.387 e. The maximum atomic E-state index is 5.16. The van der Waals surface area contributed by atoms with E-state index in [1.54, 1.807) is 12.4 Å². The quantitative estimate of drug-likeness (QED) is 0.579. The van der Waals surface area contributed by atoms with Crippen molar-refractivity contribution in [2.45, 2.75) is 0 Å². The molecule has 0 bridgehead atoms. The lowest BCUT2D eigenvalue weighted by Crippen LogP contribution is -1.89. The summed E-state index contributed by atoms with van der Waals surface area (Å²) in [5.41, 5.74) is 1.74. The molecule has 2 heteroatoms. The van der Waals surface area contributed by atoms with Crippen LogP contribution in [0.5, 0.6) is 0 Å². The SMILES string of the molecule is C#Cc1cncc(NC)c1. The second-order valence-corrected chi connectivity index (χ2v) is 1.86. The summed E-state index contributed by atoms with van der Waals surface area (Å²) in [5.74, 6) is 2.50. The van der Waals surface area contributed by atoms with Crippen molar-refractivity contribution in [2.24, 2.45) is 0 Å². The van der Waals surface area contributed by atoms with Crippen LogP contribution in [-0.4, -0.2) is 12.0 Å². The summed E-state index contributed by atoms with van der Waals surface area (Å²) >= 11 is 0. The van der Waals surface area contributed by atoms with Crippen molar-refractivity contribution >= 4 is 5.69 Å². The van der Waals surface area contributed by atoms with Crippen LogP contribution in [0.25, 0.3) is 0 Å². The van der Waals surface area contributed by atoms with Crippen molar-refractivity contribution < 1.29 is 0 Å². The molecule has 0 fully saturated rings. The third-order valence-electron chi connectivity index (χ3n) is 1.19. The molecule has 1 aromatic heterocycles. The number of anilines is 1. The van der Waals surface area contributed by atoms with Crippen LogP contribution in [0.3, 0.4) is 0 Å². The van der Waals surface area contributed by atoms with Gasteiger partial charge in [-0.2, -0.15) is 0 Å². The number of terminal acetylenes is 1. The summed E-state index contributed by atoms with van der Waals surface area (Å²) < 4.78 is 0. The number of pyridine rings is 1. The number of rotatable bonds is 1. The highest BCUT2D eigenvalue weighted by atomic mass is 14.8. The average Bonchev–Trinajstić information content (AvgIpc) is 2.05. The highest BCUT2D eigenvalue weighted by Crippen LogP contribution is 2.04. The first-order chi connectivity index (χ1) is 4.86. The third kappa shape index (κ3) is 1.26. The van der Waals surface area contributed by atoms with Crippen LogP contribution in [0.15, 0.2) is 18.5 Å². The second kappa shape index (κ2) is 2.88. The summed E-state index contributed by atoms with van der Waals surface area (Å²) in [6.45, 7) is 0. The fraction of sp³-hybridized carbons (Fsp3) is 0.125. The first-order valence-electron chi connectivity index (χ1n) is 2.96. The molecular formula is C8H8N2. The molecule has 1 rings (SSSR count). The van der Waals surface area contributed by atoms with Crippen LogP contribution in [0.2, 0.25) is 0 Å². The molecule has 0 aliphatic carbocycles. The number of hydrogen-bond acceptors (Lipinski definition) is 2. The molecule has 0 amide bonds. The number of nitrogens with one attached hydrogen (secondary N) is 1. The first-order valence-corrected chi connectivity index (χ1v) is 2.96. The molecule has 0 aliphatic heterocycles. The van der Waals surface area contributed by atoms with Crippen molar-refractivity contribution in [3.8, 4) is 12.3 Å². The van der Waals surface area contributed by atoms with E-state index in [0.717, 1.165) is 11.3 Å². The van der Waals surface area contributed by atoms with Crippen LogP contribution in [0.1, 0.15) is 5.56 Å². The van der Waals surface area contributed by atoms with Gasteiger partial charge in [0.15, 0.2) is 0 Å². The van der Waals surface area contributed by atoms with E-state index >= 15 is 0 Å². The van der Waals surface area contributed by atoms with Gasteiger partial charge in [0, 0.05) is 18.8 Å². The van der Waals surface area contributed by atoms with Crippen molar-refractivity contribution in [3.05, 3.63) is 24.0 Å². The van der Waals surface area contributed by atoms with Gasteiger partial charge in [-0.3, -0.25) is 4.98 Å². The Bertz CT molecular complexity index is 260. The van der Waals surface area contributed by atoms with E-state index < -0.39 is 0 Å². The van der Waals surface area contributed by atoms with Gasteiger partial charge in [-0.25, -0.2) is 0 Å². The highest BCUT2D eigenvalue weighted by molar-refractivity contribution is 5.46. The van der Waals surface area contributed by atoms with Crippen LogP contribution >= 0.6 is 0 Å². The molecule has 1 N–H and O–H groups in total. The molecule has 2 nitrogen and oxygen atoms in total. The zero-order valence-electron chi connectivity index (χ0n) is 5.76. The Morgan fingerprint density at radius 3 is 3.00 bits per heavy atom. The summed E-state index contributed by atoms with van der Waals surface area (Å²) in [7, 11) is 1.83. The Labute approximate surface area is 60.3 Å². The van der Waals surface area contributed by atoms with Gasteiger partial charge in [-0.05, 0) is 6.07 Å². The predicted octanol–water partition coefficient (Wildman–Crippen LogP) is 1.10. The normalized spacial score (nSPS) is 8.40. The summed E-state index contributed by atoms with van der Waals surface area (Å²) in [4.78, 5) is 3.92. The zero-order valence-corrected chi connectivity index (χ0v) is 5.76. The van der Waals surface area contributed by atoms with E-state index in [4.69, 9.17) is 6.42 Å². The molecule has 10 heavy (non-hydrogen) atoms. The van der Waals surface area contributed by atoms with E-state index in [-0.39, 0.29) is 0 Å². The molecule has 1 aromatic rings. The minimum atomic E-state index is 0.798. The van der Waals surface area contributed by atoms with Gasteiger partial charge >= 0.3 is 0 Å². The van der Waals surface area contributed by atoms with Gasteiger partial charge in [0.1, 0.15) is 0 Å². The number of hydrogen-bond donors (Lipinski definition) is 1. The Morgan fingerprint density at radius 1 is 1.60 bits per heavy atom. The molecule has 0 atom stereocenters. The van der Waals surface area contributed by atoms with Gasteiger partial charge in [0.25, 0.3) is 0 Å². The molecule has 0 spiro atoms. The molecule has 50 valence electrons. The number of nitrogens with zero attached hydrogens (tertiary/aromatic N) is 1. The fourth-order valence-electron chi connectivity index (χ4n) is 0.656. The molecule has 0 unspecified atom stereocenters. The van der Waals surface area contributed by atoms with E-state index in [1.165, 1.54) is 0 Å². The Kier molecular flexibility index (Phi) is 1.91. The van der Waals surface area contributed by atoms with Gasteiger partial charge in [0.05, 0.1) is 11.9 Å². The first kappa shape index (κ1) is 6.63. The summed E-state index contributed by atoms with van der Waals surface area (Å²) in [5, 5.41) is 2.94. The summed E-state index contributed by atoms with van der Waals surface area (Å²) in [6.07, 6.45) is 8.53. The molecule has 0 saturated carbocycles. The second-order valence-electron chi connectivity index (χ2n) is 1.86. The minimum absolute atomic E-state index is 0.798. The smallest absolute Gasteiger partial charge is 0.0536 e. The van der Waals surface area contributed by atoms with Crippen molar-refractivity contribution in [2.75, 3.05) is 12.4 Å². The lowest BCUT2D eigenvalue weighted by Gasteiger charge is -1.97. The van der Waals surface area contributed by atoms with Crippen LogP contribution in [-0.2, 0) is 0 Å². The van der Waals surface area contributed by atoms with E-state index in [9.17, 15) is 0 Å². The highest BCUT2D eigenvalue weighted by Gasteiger charge is 1.88. The molecule has 1 heterocycles. The van der Waals surface area contributed by atoms with Crippen LogP contribution < -0.4 is 5.32 Å². The Hall–Kier alpha value is -1.49. The van der Waals surface area contributed by atoms with Crippen molar-refractivity contribution in [3.63, 3.8) is 0 Å². The van der Waals surface area contributed by atoms with Crippen molar-refractivity contribution in [1.29, 1.82) is 0 Å². The number of aromatic nitrogens is 1. The molecular weight excluding hydrogens is 124 g/mol. The lowest BCUT2D eigenvalue weighted by atomic mass is 10.3. The minimum Gasteiger partial charge on any atom is -0.387 e. The van der Waals surface area contributed by atoms with Crippen LogP contribution in [0, 0.1) is 12.3 Å². The Morgan fingerprint density at radius 2 is 2.40 bits per heavy atom. The Balaban J connectivity index is 3.01. The molecule has 0 radical (unpaired) electrons. The van der Waals surface area contributed by atoms with E-state index in [2.05, 4.69) is 16.2 Å². The van der Waals surface area contributed by atoms with Gasteiger partial charge in [-0.15, -0.1) is 6.42 Å². The topological polar surface area (TPSA) is 24.9 Å². The van der Waals surface area contributed by atoms with Gasteiger partial charge in [-0.1, -0.05) is 5.92 Å². The van der Waals surface area contributed by atoms with E-state index in [1.807, 2.05) is 13.1 Å². The maximum absolute atomic E-state index is 5.16. The molecule has 0 aliphatic rings. The zero-order chi connectivity index (χ0) is 7.40. The molecule has 0 aromatic carbocycles. The average molecular weight is 132 g/mol. The van der Waals surface area contributed by atoms with Gasteiger partial charge < -0.3 is 5.32 Å². The third-order valence-corrected chi connectivity index (χ3v) is 1.19. The predicted molar refractivity (Wildman–Crippen MR) is 41.7 cm³/mol. The summed E-state index contributed by atoms with van der Waals surface area (Å²) in [6, 6.07) is 1.87. The maximum Gasteiger partial charge on any atom is 0.0536 e. The van der Waals surface area contributed by atoms with E-state index in [0.29, 0.717) is 0 Å². The van der Waals surface area contributed by atoms with Crippen LogP contribution in [0.4, 0.5) is 5.69 Å². The lowest BCUT2D eigenvalue weighted by molar-refractivity contribution is 1.30. The fourth-order valence-corrected chi connectivity index (χ4v) is 0.656. The van der Waals surface area contributed by atoms with Crippen molar-refractivity contribution in [1.82, 2.24) is 4.98 Å². The monoisotopic (exact) mass is 132 g/mol.